The fourth-order valence-electron chi connectivity index (χ4n) is 1.56. The summed E-state index contributed by atoms with van der Waals surface area (Å²) in [4.78, 5) is 21.1. The van der Waals surface area contributed by atoms with Gasteiger partial charge in [-0.3, -0.25) is 9.59 Å². The largest absolute Gasteiger partial charge is 0.496 e. The summed E-state index contributed by atoms with van der Waals surface area (Å²) in [5.41, 5.74) is 0.475. The number of carbonyl (C=O) groups excluding carboxylic acids is 1. The first kappa shape index (κ1) is 14.1. The topological polar surface area (TPSA) is 104 Å². The number of aldehydes is 1. The molecule has 98 valence electrons. The van der Waals surface area contributed by atoms with Gasteiger partial charge in [0.2, 0.25) is 0 Å². The van der Waals surface area contributed by atoms with Gasteiger partial charge < -0.3 is 20.1 Å². The standard InChI is InChI=1S/C12H14O6/c1-18-10-3-2-7(6-13)4-8(10)12(17)9(14)5-11(15)16/h2-4,6,9,12,14,17H,5H2,1H3,(H,15,16). The number of carboxylic acids is 1. The highest BCUT2D eigenvalue weighted by molar-refractivity contribution is 5.75. The normalized spacial score (nSPS) is 13.7. The van der Waals surface area contributed by atoms with E-state index in [9.17, 15) is 19.8 Å². The smallest absolute Gasteiger partial charge is 0.306 e. The third-order valence-electron chi connectivity index (χ3n) is 2.46. The van der Waals surface area contributed by atoms with Crippen molar-refractivity contribution in [2.24, 2.45) is 0 Å². The Kier molecular flexibility index (Phi) is 4.82. The van der Waals surface area contributed by atoms with Gasteiger partial charge in [0, 0.05) is 11.1 Å². The van der Waals surface area contributed by atoms with E-state index in [1.165, 1.54) is 25.3 Å². The average Bonchev–Trinajstić information content (AvgIpc) is 2.36. The summed E-state index contributed by atoms with van der Waals surface area (Å²) in [6.07, 6.45) is -2.93. The first-order valence-corrected chi connectivity index (χ1v) is 5.20. The number of benzene rings is 1. The van der Waals surface area contributed by atoms with Gasteiger partial charge in [-0.2, -0.15) is 0 Å². The third kappa shape index (κ3) is 3.28. The van der Waals surface area contributed by atoms with Crippen molar-refractivity contribution in [3.8, 4) is 5.75 Å². The number of aliphatic hydroxyl groups is 2. The van der Waals surface area contributed by atoms with Crippen LogP contribution in [0.1, 0.15) is 28.4 Å². The minimum Gasteiger partial charge on any atom is -0.496 e. The Balaban J connectivity index is 3.05. The van der Waals surface area contributed by atoms with Gasteiger partial charge in [0.15, 0.2) is 0 Å². The van der Waals surface area contributed by atoms with E-state index in [2.05, 4.69) is 0 Å². The Morgan fingerprint density at radius 1 is 1.44 bits per heavy atom. The first-order valence-electron chi connectivity index (χ1n) is 5.20. The molecule has 0 aliphatic heterocycles. The molecule has 1 aromatic rings. The van der Waals surface area contributed by atoms with Crippen LogP contribution >= 0.6 is 0 Å². The van der Waals surface area contributed by atoms with Crippen molar-refractivity contribution in [2.75, 3.05) is 7.11 Å². The van der Waals surface area contributed by atoms with Crippen molar-refractivity contribution < 1.29 is 29.6 Å². The zero-order valence-corrected chi connectivity index (χ0v) is 9.74. The second-order valence-corrected chi connectivity index (χ2v) is 3.73. The maximum absolute atomic E-state index is 10.6. The first-order chi connectivity index (χ1) is 8.49. The van der Waals surface area contributed by atoms with E-state index >= 15 is 0 Å². The Morgan fingerprint density at radius 3 is 2.61 bits per heavy atom. The molecule has 0 aliphatic carbocycles. The van der Waals surface area contributed by atoms with Gasteiger partial charge in [-0.05, 0) is 18.2 Å². The quantitative estimate of drug-likeness (QED) is 0.634. The SMILES string of the molecule is COc1ccc(C=O)cc1C(O)C(O)CC(=O)O. The lowest BCUT2D eigenvalue weighted by atomic mass is 9.99. The molecule has 2 atom stereocenters. The fourth-order valence-corrected chi connectivity index (χ4v) is 1.56. The predicted molar refractivity (Wildman–Crippen MR) is 61.6 cm³/mol. The molecule has 1 rings (SSSR count). The van der Waals surface area contributed by atoms with E-state index in [0.29, 0.717) is 11.8 Å². The lowest BCUT2D eigenvalue weighted by molar-refractivity contribution is -0.141. The molecule has 0 heterocycles. The van der Waals surface area contributed by atoms with E-state index < -0.39 is 24.6 Å². The highest BCUT2D eigenvalue weighted by atomic mass is 16.5. The summed E-state index contributed by atoms with van der Waals surface area (Å²) in [5, 5.41) is 28.0. The summed E-state index contributed by atoms with van der Waals surface area (Å²) < 4.78 is 4.99. The maximum Gasteiger partial charge on any atom is 0.306 e. The molecule has 6 heteroatoms. The summed E-state index contributed by atoms with van der Waals surface area (Å²) in [6.45, 7) is 0. The van der Waals surface area contributed by atoms with Crippen LogP contribution in [0.4, 0.5) is 0 Å². The number of hydrogen-bond donors (Lipinski definition) is 3. The van der Waals surface area contributed by atoms with E-state index in [-0.39, 0.29) is 11.3 Å². The number of aliphatic hydroxyl groups excluding tert-OH is 2. The van der Waals surface area contributed by atoms with E-state index in [1.807, 2.05) is 0 Å². The number of carboxylic acid groups (broad SMARTS) is 1. The number of rotatable bonds is 6. The molecule has 0 radical (unpaired) electrons. The molecule has 6 nitrogen and oxygen atoms in total. The van der Waals surface area contributed by atoms with Gasteiger partial charge in [-0.25, -0.2) is 0 Å². The van der Waals surface area contributed by atoms with Crippen molar-refractivity contribution in [1.82, 2.24) is 0 Å². The van der Waals surface area contributed by atoms with Crippen LogP contribution in [0.15, 0.2) is 18.2 Å². The Morgan fingerprint density at radius 2 is 2.11 bits per heavy atom. The van der Waals surface area contributed by atoms with Crippen LogP contribution in [0.5, 0.6) is 5.75 Å². The lowest BCUT2D eigenvalue weighted by Crippen LogP contribution is -2.22. The van der Waals surface area contributed by atoms with Gasteiger partial charge in [0.1, 0.15) is 18.1 Å². The molecule has 0 saturated carbocycles. The zero-order valence-electron chi connectivity index (χ0n) is 9.74. The molecule has 0 bridgehead atoms. The molecule has 0 aromatic heterocycles. The van der Waals surface area contributed by atoms with Gasteiger partial charge in [-0.15, -0.1) is 0 Å². The number of carbonyl (C=O) groups is 2. The number of hydrogen-bond acceptors (Lipinski definition) is 5. The van der Waals surface area contributed by atoms with Crippen molar-refractivity contribution in [3.05, 3.63) is 29.3 Å². The number of aliphatic carboxylic acids is 1. The van der Waals surface area contributed by atoms with Crippen LogP contribution in [-0.4, -0.2) is 40.8 Å². The highest BCUT2D eigenvalue weighted by Gasteiger charge is 2.24. The predicted octanol–water partition coefficient (Wildman–Crippen LogP) is 0.377. The number of ether oxygens (including phenoxy) is 1. The van der Waals surface area contributed by atoms with Crippen LogP contribution < -0.4 is 4.74 Å². The van der Waals surface area contributed by atoms with Crippen LogP contribution in [0.2, 0.25) is 0 Å². The zero-order chi connectivity index (χ0) is 13.7. The molecule has 0 aliphatic rings. The van der Waals surface area contributed by atoms with Crippen molar-refractivity contribution in [2.45, 2.75) is 18.6 Å². The number of methoxy groups -OCH3 is 1. The van der Waals surface area contributed by atoms with Crippen LogP contribution in [-0.2, 0) is 4.79 Å². The highest BCUT2D eigenvalue weighted by Crippen LogP contribution is 2.29. The monoisotopic (exact) mass is 254 g/mol. The fraction of sp³-hybridized carbons (Fsp3) is 0.333. The Bertz CT molecular complexity index is 442. The minimum absolute atomic E-state index is 0.177. The second kappa shape index (κ2) is 6.13. The van der Waals surface area contributed by atoms with Gasteiger partial charge in [0.25, 0.3) is 0 Å². The van der Waals surface area contributed by atoms with Crippen molar-refractivity contribution >= 4 is 12.3 Å². The van der Waals surface area contributed by atoms with Crippen LogP contribution in [0, 0.1) is 0 Å². The summed E-state index contributed by atoms with van der Waals surface area (Å²) in [7, 11) is 1.37. The van der Waals surface area contributed by atoms with Gasteiger partial charge >= 0.3 is 5.97 Å². The van der Waals surface area contributed by atoms with E-state index in [1.54, 1.807) is 0 Å². The Hall–Kier alpha value is -1.92. The summed E-state index contributed by atoms with van der Waals surface area (Å²) >= 11 is 0. The summed E-state index contributed by atoms with van der Waals surface area (Å²) in [6, 6.07) is 4.31. The lowest BCUT2D eigenvalue weighted by Gasteiger charge is -2.19. The molecule has 0 amide bonds. The van der Waals surface area contributed by atoms with E-state index in [0.717, 1.165) is 0 Å². The third-order valence-corrected chi connectivity index (χ3v) is 2.46. The molecule has 1 aromatic carbocycles. The molecule has 3 N–H and O–H groups in total. The molecule has 2 unspecified atom stereocenters. The average molecular weight is 254 g/mol. The summed E-state index contributed by atoms with van der Waals surface area (Å²) in [5.74, 6) is -0.954. The molecular formula is C12H14O6. The van der Waals surface area contributed by atoms with Crippen LogP contribution in [0.25, 0.3) is 0 Å². The second-order valence-electron chi connectivity index (χ2n) is 3.73. The van der Waals surface area contributed by atoms with Gasteiger partial charge in [0.05, 0.1) is 19.6 Å². The molecular weight excluding hydrogens is 240 g/mol. The molecule has 0 spiro atoms. The van der Waals surface area contributed by atoms with Crippen LogP contribution in [0.3, 0.4) is 0 Å². The molecule has 18 heavy (non-hydrogen) atoms. The Labute approximate surface area is 103 Å². The minimum atomic E-state index is -1.47. The molecule has 0 saturated heterocycles. The van der Waals surface area contributed by atoms with E-state index in [4.69, 9.17) is 9.84 Å². The van der Waals surface area contributed by atoms with Crippen molar-refractivity contribution in [3.63, 3.8) is 0 Å². The maximum atomic E-state index is 10.6. The van der Waals surface area contributed by atoms with Crippen molar-refractivity contribution in [1.29, 1.82) is 0 Å². The van der Waals surface area contributed by atoms with Gasteiger partial charge in [-0.1, -0.05) is 0 Å². The molecule has 0 fully saturated rings.